The summed E-state index contributed by atoms with van der Waals surface area (Å²) in [5.41, 5.74) is 16.5. The number of rotatable bonds is 7. The lowest BCUT2D eigenvalue weighted by molar-refractivity contribution is 0.103. The topological polar surface area (TPSA) is 26.9 Å². The first-order valence-electron chi connectivity index (χ1n) is 22.3. The highest BCUT2D eigenvalue weighted by Crippen LogP contribution is 2.57. The molecule has 3 heteroatoms. The molecule has 2 aromatic heterocycles. The summed E-state index contributed by atoms with van der Waals surface area (Å²) in [7, 11) is 0. The summed E-state index contributed by atoms with van der Waals surface area (Å²) < 4.78 is 4.75. The molecule has 10 aromatic carbocycles. The van der Waals surface area contributed by atoms with E-state index in [2.05, 4.69) is 215 Å². The number of para-hydroxylation sites is 4. The van der Waals surface area contributed by atoms with Gasteiger partial charge in [0.25, 0.3) is 0 Å². The first-order valence-corrected chi connectivity index (χ1v) is 22.3. The first kappa shape index (κ1) is 37.1. The van der Waals surface area contributed by atoms with Gasteiger partial charge in [-0.3, -0.25) is 4.79 Å². The minimum atomic E-state index is -0.784. The molecule has 1 aliphatic carbocycles. The molecule has 0 saturated carbocycles. The Balaban J connectivity index is 1.09. The third kappa shape index (κ3) is 5.52. The molecule has 1 aliphatic rings. The van der Waals surface area contributed by atoms with Crippen molar-refractivity contribution in [2.75, 3.05) is 0 Å². The summed E-state index contributed by atoms with van der Waals surface area (Å²) in [6.45, 7) is 0. The minimum Gasteiger partial charge on any atom is -0.309 e. The molecule has 12 aromatic rings. The standard InChI is InChI=1S/C62H40N2O/c65-61(43-30-28-42(29-31-43)41-16-4-1-5-17-41)44-32-35-50-49-22-10-13-25-55(49)62(56(50)38-44,45-33-36-59-53(39-45)51-23-11-14-26-57(51)63(59)47-18-6-2-7-19-47)46-34-37-60-54(40-46)52-24-12-15-27-58(52)64(60)48-20-8-3-9-21-48/h1-40H. The van der Waals surface area contributed by atoms with E-state index in [1.807, 2.05) is 36.4 Å². The smallest absolute Gasteiger partial charge is 0.193 e. The van der Waals surface area contributed by atoms with Gasteiger partial charge in [-0.25, -0.2) is 0 Å². The van der Waals surface area contributed by atoms with Crippen molar-refractivity contribution in [3.8, 4) is 33.6 Å². The van der Waals surface area contributed by atoms with E-state index in [0.29, 0.717) is 11.1 Å². The van der Waals surface area contributed by atoms with Crippen LogP contribution < -0.4 is 0 Å². The number of ketones is 1. The second-order valence-corrected chi connectivity index (χ2v) is 17.2. The van der Waals surface area contributed by atoms with Crippen molar-refractivity contribution >= 4 is 49.4 Å². The molecule has 0 bridgehead atoms. The highest BCUT2D eigenvalue weighted by molar-refractivity contribution is 6.12. The van der Waals surface area contributed by atoms with Crippen LogP contribution in [0.2, 0.25) is 0 Å². The lowest BCUT2D eigenvalue weighted by atomic mass is 9.67. The summed E-state index contributed by atoms with van der Waals surface area (Å²) in [5.74, 6) is 0.0000324. The molecular formula is C62H40N2O. The molecule has 0 N–H and O–H groups in total. The van der Waals surface area contributed by atoms with E-state index in [4.69, 9.17) is 0 Å². The van der Waals surface area contributed by atoms with Crippen LogP contribution in [0.1, 0.15) is 38.2 Å². The Morgan fingerprint density at radius 2 is 0.769 bits per heavy atom. The molecule has 0 atom stereocenters. The number of aromatic nitrogens is 2. The maximum Gasteiger partial charge on any atom is 0.193 e. The van der Waals surface area contributed by atoms with Gasteiger partial charge in [-0.1, -0.05) is 176 Å². The summed E-state index contributed by atoms with van der Waals surface area (Å²) in [5, 5.41) is 4.75. The first-order chi connectivity index (χ1) is 32.2. The van der Waals surface area contributed by atoms with Gasteiger partial charge in [0.15, 0.2) is 5.78 Å². The summed E-state index contributed by atoms with van der Waals surface area (Å²) in [4.78, 5) is 14.8. The third-order valence-electron chi connectivity index (χ3n) is 13.8. The molecule has 65 heavy (non-hydrogen) atoms. The second-order valence-electron chi connectivity index (χ2n) is 17.2. The predicted molar refractivity (Wildman–Crippen MR) is 268 cm³/mol. The third-order valence-corrected chi connectivity index (χ3v) is 13.8. The van der Waals surface area contributed by atoms with Crippen molar-refractivity contribution in [1.29, 1.82) is 0 Å². The molecule has 2 heterocycles. The van der Waals surface area contributed by atoms with E-state index in [1.54, 1.807) is 0 Å². The van der Waals surface area contributed by atoms with E-state index < -0.39 is 5.41 Å². The number of nitrogens with zero attached hydrogens (tertiary/aromatic N) is 2. The molecule has 0 unspecified atom stereocenters. The van der Waals surface area contributed by atoms with Crippen molar-refractivity contribution in [2.24, 2.45) is 0 Å². The van der Waals surface area contributed by atoms with Gasteiger partial charge >= 0.3 is 0 Å². The Morgan fingerprint density at radius 3 is 1.35 bits per heavy atom. The monoisotopic (exact) mass is 828 g/mol. The van der Waals surface area contributed by atoms with E-state index in [-0.39, 0.29) is 5.78 Å². The van der Waals surface area contributed by atoms with Crippen molar-refractivity contribution in [3.05, 3.63) is 276 Å². The predicted octanol–water partition coefficient (Wildman–Crippen LogP) is 15.1. The maximum atomic E-state index is 14.8. The van der Waals surface area contributed by atoms with Gasteiger partial charge < -0.3 is 9.13 Å². The molecule has 0 spiro atoms. The fraction of sp³-hybridized carbons (Fsp3) is 0.0161. The molecule has 0 radical (unpaired) electrons. The Bertz CT molecular complexity index is 3670. The molecule has 0 fully saturated rings. The largest absolute Gasteiger partial charge is 0.309 e. The van der Waals surface area contributed by atoms with Crippen molar-refractivity contribution in [2.45, 2.75) is 5.41 Å². The SMILES string of the molecule is O=C(c1ccc(-c2ccccc2)cc1)c1ccc2c(c1)C(c1ccc3c(c1)c1ccccc1n3-c1ccccc1)(c1ccc3c(c1)c1ccccc1n3-c1ccccc1)c1ccccc1-2. The quantitative estimate of drug-likeness (QED) is 0.147. The molecule has 3 nitrogen and oxygen atoms in total. The van der Waals surface area contributed by atoms with Crippen LogP contribution in [0.15, 0.2) is 243 Å². The fourth-order valence-electron chi connectivity index (χ4n) is 10.9. The maximum absolute atomic E-state index is 14.8. The zero-order chi connectivity index (χ0) is 43.1. The summed E-state index contributed by atoms with van der Waals surface area (Å²) in [6, 6.07) is 86.5. The summed E-state index contributed by atoms with van der Waals surface area (Å²) >= 11 is 0. The van der Waals surface area contributed by atoms with E-state index in [9.17, 15) is 4.79 Å². The highest BCUT2D eigenvalue weighted by atomic mass is 16.1. The Morgan fingerprint density at radius 1 is 0.323 bits per heavy atom. The zero-order valence-electron chi connectivity index (χ0n) is 35.4. The Labute approximate surface area is 376 Å². The van der Waals surface area contributed by atoms with Gasteiger partial charge in [0.1, 0.15) is 0 Å². The van der Waals surface area contributed by atoms with E-state index in [0.717, 1.165) is 66.8 Å². The van der Waals surface area contributed by atoms with Crippen LogP contribution in [-0.4, -0.2) is 14.9 Å². The lowest BCUT2D eigenvalue weighted by Crippen LogP contribution is -2.29. The zero-order valence-corrected chi connectivity index (χ0v) is 35.4. The number of benzene rings is 10. The van der Waals surface area contributed by atoms with Crippen LogP contribution in [-0.2, 0) is 5.41 Å². The highest BCUT2D eigenvalue weighted by Gasteiger charge is 2.47. The van der Waals surface area contributed by atoms with Crippen molar-refractivity contribution in [1.82, 2.24) is 9.13 Å². The van der Waals surface area contributed by atoms with Gasteiger partial charge in [-0.2, -0.15) is 0 Å². The van der Waals surface area contributed by atoms with Crippen LogP contribution >= 0.6 is 0 Å². The second kappa shape index (κ2) is 14.5. The molecule has 13 rings (SSSR count). The van der Waals surface area contributed by atoms with Crippen LogP contribution in [0.4, 0.5) is 0 Å². The average Bonchev–Trinajstić information content (AvgIpc) is 4.00. The van der Waals surface area contributed by atoms with Crippen LogP contribution in [0.3, 0.4) is 0 Å². The number of carbonyl (C=O) groups is 1. The normalized spacial score (nSPS) is 12.8. The molecular weight excluding hydrogens is 789 g/mol. The Hall–Kier alpha value is -8.53. The Kier molecular flexibility index (Phi) is 8.28. The van der Waals surface area contributed by atoms with Crippen molar-refractivity contribution in [3.63, 3.8) is 0 Å². The number of fused-ring (bicyclic) bond motifs is 9. The fourth-order valence-corrected chi connectivity index (χ4v) is 10.9. The molecule has 304 valence electrons. The lowest BCUT2D eigenvalue weighted by Gasteiger charge is -2.34. The summed E-state index contributed by atoms with van der Waals surface area (Å²) in [6.07, 6.45) is 0. The van der Waals surface area contributed by atoms with Gasteiger partial charge in [0.2, 0.25) is 0 Å². The number of hydrogen-bond acceptors (Lipinski definition) is 1. The van der Waals surface area contributed by atoms with Gasteiger partial charge in [0.05, 0.1) is 27.5 Å². The molecule has 0 amide bonds. The number of carbonyl (C=O) groups excluding carboxylic acids is 1. The number of hydrogen-bond donors (Lipinski definition) is 0. The van der Waals surface area contributed by atoms with Crippen LogP contribution in [0.25, 0.3) is 77.2 Å². The molecule has 0 saturated heterocycles. The molecule has 0 aliphatic heterocycles. The van der Waals surface area contributed by atoms with Crippen LogP contribution in [0.5, 0.6) is 0 Å². The van der Waals surface area contributed by atoms with Crippen molar-refractivity contribution < 1.29 is 4.79 Å². The minimum absolute atomic E-state index is 0.0000324. The average molecular weight is 829 g/mol. The van der Waals surface area contributed by atoms with Crippen LogP contribution in [0, 0.1) is 0 Å². The van der Waals surface area contributed by atoms with Gasteiger partial charge in [-0.15, -0.1) is 0 Å². The van der Waals surface area contributed by atoms with E-state index >= 15 is 0 Å². The van der Waals surface area contributed by atoms with Gasteiger partial charge in [-0.05, 0) is 111 Å². The van der Waals surface area contributed by atoms with E-state index in [1.165, 1.54) is 32.7 Å². The van der Waals surface area contributed by atoms with Gasteiger partial charge in [0, 0.05) is 44.0 Å².